The molecule has 12 aromatic heterocycles. The molecule has 4 aromatic carbocycles. The summed E-state index contributed by atoms with van der Waals surface area (Å²) in [5.74, 6) is -0.0324. The number of nitrogens with one attached hydrogen (secondary N) is 4. The van der Waals surface area contributed by atoms with Crippen molar-refractivity contribution < 1.29 is 36.7 Å². The Kier molecular flexibility index (Phi) is 22.5. The second-order valence-electron chi connectivity index (χ2n) is 34.8. The average Bonchev–Trinajstić information content (AvgIpc) is 1.67. The van der Waals surface area contributed by atoms with E-state index in [0.717, 1.165) is 160 Å². The van der Waals surface area contributed by atoms with Gasteiger partial charge in [-0.1, -0.05) is 79.7 Å². The monoisotopic (exact) mass is 1660 g/mol. The van der Waals surface area contributed by atoms with Crippen molar-refractivity contribution >= 4 is 157 Å². The summed E-state index contributed by atoms with van der Waals surface area (Å²) in [6.07, 6.45) is 10.1. The van der Waals surface area contributed by atoms with Gasteiger partial charge in [0, 0.05) is 172 Å². The fourth-order valence-corrected chi connectivity index (χ4v) is 19.9. The SMILES string of the molecule is CCNC(=O)c1cc2c(N3C[C@H](C)C[C@H](C)C3)cc(C)nc2n2c1nc1ccccc12.CCNC(=O)c1cc2c(N3C[C@H](C)C[C@H](C)C3)ccnc2n2c1nc1cc(F)c(F)cc12.CNC(=O)c1cc2c(N3C[C@H](C)C[C@H](C)C3)ccnc2n2c1nc1cc(F)c(F)cc12.CNC(=O)c1cc2c(N3C[C@H](C)C[C@H](C)C3)ccnc2n2c1nc1ccccc12. The van der Waals surface area contributed by atoms with E-state index < -0.39 is 23.3 Å². The molecule has 4 fully saturated rings. The molecule has 4 aliphatic rings. The Morgan fingerprint density at radius 2 is 0.618 bits per heavy atom. The van der Waals surface area contributed by atoms with E-state index in [4.69, 9.17) is 19.9 Å². The van der Waals surface area contributed by atoms with Crippen LogP contribution < -0.4 is 40.9 Å². The third kappa shape index (κ3) is 15.4. The zero-order valence-electron chi connectivity index (χ0n) is 71.6. The summed E-state index contributed by atoms with van der Waals surface area (Å²) < 4.78 is 63.5. The first-order chi connectivity index (χ1) is 59.3. The van der Waals surface area contributed by atoms with Gasteiger partial charge < -0.3 is 40.9 Å². The van der Waals surface area contributed by atoms with Crippen molar-refractivity contribution in [3.05, 3.63) is 191 Å². The number of rotatable bonds is 10. The summed E-state index contributed by atoms with van der Waals surface area (Å²) in [4.78, 5) is 98.3. The highest BCUT2D eigenvalue weighted by Crippen LogP contribution is 2.41. The Morgan fingerprint density at radius 3 is 0.951 bits per heavy atom. The first-order valence-electron chi connectivity index (χ1n) is 42.9. The second kappa shape index (κ2) is 33.5. The number of nitrogens with zero attached hydrogens (tertiary/aromatic N) is 16. The van der Waals surface area contributed by atoms with E-state index >= 15 is 0 Å². The molecule has 0 bridgehead atoms. The number of benzene rings is 4. The Bertz CT molecular complexity index is 6860. The summed E-state index contributed by atoms with van der Waals surface area (Å²) >= 11 is 0. The number of fused-ring (bicyclic) bond motifs is 20. The molecule has 0 saturated carbocycles. The quantitative estimate of drug-likeness (QED) is 0.0929. The minimum atomic E-state index is -0.980. The predicted octanol–water partition coefficient (Wildman–Crippen LogP) is 17.2. The van der Waals surface area contributed by atoms with Gasteiger partial charge >= 0.3 is 0 Å². The number of anilines is 4. The summed E-state index contributed by atoms with van der Waals surface area (Å²) in [6, 6.07) is 36.0. The summed E-state index contributed by atoms with van der Waals surface area (Å²) in [5, 5.41) is 14.8. The number of aryl methyl sites for hydroxylation is 1. The van der Waals surface area contributed by atoms with Crippen LogP contribution in [0.15, 0.2) is 140 Å². The van der Waals surface area contributed by atoms with E-state index in [1.165, 1.54) is 25.7 Å². The number of pyridine rings is 8. The third-order valence-corrected chi connectivity index (χ3v) is 24.4. The molecule has 634 valence electrons. The number of amides is 4. The zero-order valence-corrected chi connectivity index (χ0v) is 71.6. The van der Waals surface area contributed by atoms with Gasteiger partial charge in [-0.15, -0.1) is 0 Å². The molecule has 4 N–H and O–H groups in total. The van der Waals surface area contributed by atoms with E-state index in [-0.39, 0.29) is 34.7 Å². The van der Waals surface area contributed by atoms with Crippen LogP contribution in [0.5, 0.6) is 0 Å². The number of carbonyl (C=O) groups is 4. The predicted molar refractivity (Wildman–Crippen MR) is 480 cm³/mol. The molecular formula is C95H102F4N20O4. The molecule has 4 aliphatic heterocycles. The molecule has 0 unspecified atom stereocenters. The van der Waals surface area contributed by atoms with Crippen molar-refractivity contribution in [2.45, 2.75) is 102 Å². The topological polar surface area (TPSA) is 250 Å². The Labute approximate surface area is 708 Å². The molecular weight excluding hydrogens is 1560 g/mol. The van der Waals surface area contributed by atoms with Crippen LogP contribution >= 0.6 is 0 Å². The number of halogens is 4. The average molecular weight is 1660 g/mol. The highest BCUT2D eigenvalue weighted by molar-refractivity contribution is 6.12. The van der Waals surface area contributed by atoms with Crippen molar-refractivity contribution in [1.29, 1.82) is 0 Å². The normalized spacial score (nSPS) is 19.5. The van der Waals surface area contributed by atoms with Gasteiger partial charge in [-0.3, -0.25) is 36.8 Å². The van der Waals surface area contributed by atoms with Crippen LogP contribution in [-0.4, -0.2) is 161 Å². The maximum atomic E-state index is 14.2. The van der Waals surface area contributed by atoms with Crippen LogP contribution in [0.25, 0.3) is 111 Å². The van der Waals surface area contributed by atoms with Crippen molar-refractivity contribution in [2.24, 2.45) is 47.3 Å². The lowest BCUT2D eigenvalue weighted by Crippen LogP contribution is -2.39. The highest BCUT2D eigenvalue weighted by Gasteiger charge is 2.33. The number of aromatic nitrogens is 12. The summed E-state index contributed by atoms with van der Waals surface area (Å²) in [6.45, 7) is 32.7. The van der Waals surface area contributed by atoms with Crippen LogP contribution in [0.3, 0.4) is 0 Å². The smallest absolute Gasteiger partial charge is 0.255 e. The fourth-order valence-electron chi connectivity index (χ4n) is 19.9. The van der Waals surface area contributed by atoms with Crippen molar-refractivity contribution in [2.75, 3.05) is 99.1 Å². The molecule has 16 aromatic rings. The third-order valence-electron chi connectivity index (χ3n) is 24.4. The molecule has 123 heavy (non-hydrogen) atoms. The number of carbonyl (C=O) groups excluding carboxylic acids is 4. The molecule has 24 nitrogen and oxygen atoms in total. The number of piperidine rings is 4. The van der Waals surface area contributed by atoms with E-state index in [1.54, 1.807) is 47.4 Å². The van der Waals surface area contributed by atoms with Gasteiger partial charge in [0.15, 0.2) is 45.9 Å². The number of hydrogen-bond acceptors (Lipinski definition) is 16. The minimum Gasteiger partial charge on any atom is -0.370 e. The van der Waals surface area contributed by atoms with Gasteiger partial charge in [0.05, 0.1) is 66.4 Å². The van der Waals surface area contributed by atoms with Crippen molar-refractivity contribution in [3.8, 4) is 0 Å². The molecule has 16 heterocycles. The van der Waals surface area contributed by atoms with Gasteiger partial charge in [-0.05, 0) is 167 Å². The Morgan fingerprint density at radius 1 is 0.333 bits per heavy atom. The molecule has 4 saturated heterocycles. The van der Waals surface area contributed by atoms with Crippen LogP contribution in [0.2, 0.25) is 0 Å². The van der Waals surface area contributed by atoms with Crippen LogP contribution in [0, 0.1) is 77.5 Å². The zero-order chi connectivity index (χ0) is 86.2. The molecule has 0 aliphatic carbocycles. The minimum absolute atomic E-state index is 0.100. The van der Waals surface area contributed by atoms with Gasteiger partial charge in [0.1, 0.15) is 22.6 Å². The molecule has 28 heteroatoms. The number of para-hydroxylation sites is 4. The molecule has 0 radical (unpaired) electrons. The lowest BCUT2D eigenvalue weighted by Gasteiger charge is -2.37. The number of hydrogen-bond donors (Lipinski definition) is 4. The van der Waals surface area contributed by atoms with Crippen LogP contribution in [0.1, 0.15) is 142 Å². The highest BCUT2D eigenvalue weighted by atomic mass is 19.2. The first-order valence-corrected chi connectivity index (χ1v) is 42.9. The lowest BCUT2D eigenvalue weighted by atomic mass is 9.91. The van der Waals surface area contributed by atoms with Crippen LogP contribution in [0.4, 0.5) is 40.3 Å². The molecule has 0 spiro atoms. The Balaban J connectivity index is 0.000000116. The van der Waals surface area contributed by atoms with E-state index in [1.807, 2.05) is 104 Å². The molecule has 4 amide bonds. The first kappa shape index (κ1) is 82.4. The molecule has 20 rings (SSSR count). The van der Waals surface area contributed by atoms with E-state index in [0.29, 0.717) is 128 Å². The van der Waals surface area contributed by atoms with Crippen molar-refractivity contribution in [3.63, 3.8) is 0 Å². The largest absolute Gasteiger partial charge is 0.370 e. The van der Waals surface area contributed by atoms with Gasteiger partial charge in [-0.25, -0.2) is 57.4 Å². The second-order valence-corrected chi connectivity index (χ2v) is 34.8. The molecule has 8 atom stereocenters. The summed E-state index contributed by atoms with van der Waals surface area (Å²) in [7, 11) is 3.20. The van der Waals surface area contributed by atoms with Gasteiger partial charge in [-0.2, -0.15) is 0 Å². The van der Waals surface area contributed by atoms with E-state index in [9.17, 15) is 36.7 Å². The lowest BCUT2D eigenvalue weighted by molar-refractivity contribution is 0.0948. The fraction of sp³-hybridized carbons (Fsp3) is 0.368. The van der Waals surface area contributed by atoms with Gasteiger partial charge in [0.2, 0.25) is 0 Å². The van der Waals surface area contributed by atoms with Crippen molar-refractivity contribution in [1.82, 2.24) is 78.7 Å². The maximum Gasteiger partial charge on any atom is 0.255 e. The van der Waals surface area contributed by atoms with Gasteiger partial charge in [0.25, 0.3) is 23.6 Å². The van der Waals surface area contributed by atoms with Crippen LogP contribution in [-0.2, 0) is 0 Å². The van der Waals surface area contributed by atoms with E-state index in [2.05, 4.69) is 133 Å². The standard InChI is InChI=1S/C25H29N5O.C24H25F2N5O.C23H23F2N5O.C23H25N5O/c1-5-26-25(31)19-12-18-22(29-13-15(2)10-16(3)14-29)11-17(4)27-23(18)30-21-9-7-6-8-20(21)28-24(19)30;1-4-27-24(32)16-8-15-20(30-11-13(2)7-14(3)12-30)5-6-28-22(15)31-21-10-18(26)17(25)9-19(21)29-23(16)31;1-12-6-13(2)11-29(10-12)19-4-5-27-21-14(19)7-15(23(31)26-3)22-28-18-8-16(24)17(25)9-20(18)30(21)22;1-14-10-15(2)13-27(12-14)19-8-9-25-21-16(19)11-17(23(29)24-3)22-26-18-6-4-5-7-20(18)28(21)22/h6-9,11-12,15-16H,5,10,13-14H2,1-4H3,(H,26,31);5-6,8-10,13-14H,4,7,11-12H2,1-3H3,(H,27,32);4-5,7-9,12-13H,6,10-11H2,1-3H3,(H,26,31);4-9,11,14-15H,10,12-13H2,1-3H3,(H,24,29)/t15-,16+;13-,14+;12-,13+;14-,15+. The number of imidazole rings is 4. The Hall–Kier alpha value is -12.9. The summed E-state index contributed by atoms with van der Waals surface area (Å²) in [5.41, 5.74) is 16.8. The maximum absolute atomic E-state index is 14.2.